The van der Waals surface area contributed by atoms with E-state index in [4.69, 9.17) is 4.74 Å². The lowest BCUT2D eigenvalue weighted by Crippen LogP contribution is -2.22. The van der Waals surface area contributed by atoms with Crippen molar-refractivity contribution in [1.29, 1.82) is 0 Å². The SMILES string of the molecule is CCOC(=O)[C@@H](C)C(C)=NNc1ccc([N+](=O)[O-])cc1[N+](=O)[O-]. The molecule has 0 amide bonds. The molecule has 1 aromatic rings. The molecule has 0 bridgehead atoms. The third-order valence-corrected chi connectivity index (χ3v) is 3.01. The van der Waals surface area contributed by atoms with E-state index >= 15 is 0 Å². The fraction of sp³-hybridized carbons (Fsp3) is 0.385. The molecule has 23 heavy (non-hydrogen) atoms. The summed E-state index contributed by atoms with van der Waals surface area (Å²) in [4.78, 5) is 31.7. The van der Waals surface area contributed by atoms with Gasteiger partial charge in [-0.15, -0.1) is 0 Å². The topological polar surface area (TPSA) is 137 Å². The number of nitro groups is 2. The van der Waals surface area contributed by atoms with Gasteiger partial charge in [-0.25, -0.2) is 0 Å². The molecule has 1 N–H and O–H groups in total. The normalized spacial score (nSPS) is 12.4. The summed E-state index contributed by atoms with van der Waals surface area (Å²) in [5, 5.41) is 25.6. The van der Waals surface area contributed by atoms with Gasteiger partial charge in [0.05, 0.1) is 28.4 Å². The van der Waals surface area contributed by atoms with Gasteiger partial charge in [0.25, 0.3) is 5.69 Å². The number of hydrogen-bond donors (Lipinski definition) is 1. The van der Waals surface area contributed by atoms with E-state index < -0.39 is 33.1 Å². The van der Waals surface area contributed by atoms with Crippen LogP contribution in [0.3, 0.4) is 0 Å². The summed E-state index contributed by atoms with van der Waals surface area (Å²) in [6, 6.07) is 3.14. The zero-order valence-corrected chi connectivity index (χ0v) is 12.8. The molecule has 10 nitrogen and oxygen atoms in total. The summed E-state index contributed by atoms with van der Waals surface area (Å²) >= 11 is 0. The Hall–Kier alpha value is -3.04. The summed E-state index contributed by atoms with van der Waals surface area (Å²) in [6.45, 7) is 5.06. The Labute approximate surface area is 131 Å². The molecule has 0 radical (unpaired) electrons. The molecule has 1 aromatic carbocycles. The number of non-ortho nitro benzene ring substituents is 1. The molecule has 10 heteroatoms. The standard InChI is InChI=1S/C13H16N4O6/c1-4-23-13(18)8(2)9(3)14-15-11-6-5-10(16(19)20)7-12(11)17(21)22/h5-8,15H,4H2,1-3H3/t8-/m0/s1. The molecular formula is C13H16N4O6. The van der Waals surface area contributed by atoms with Gasteiger partial charge >= 0.3 is 11.7 Å². The minimum Gasteiger partial charge on any atom is -0.465 e. The lowest BCUT2D eigenvalue weighted by Gasteiger charge is -2.10. The molecule has 1 atom stereocenters. The highest BCUT2D eigenvalue weighted by Gasteiger charge is 2.20. The molecule has 0 aliphatic carbocycles. The molecule has 0 saturated heterocycles. The van der Waals surface area contributed by atoms with Crippen LogP contribution < -0.4 is 5.43 Å². The molecule has 0 heterocycles. The molecule has 0 aromatic heterocycles. The molecule has 0 unspecified atom stereocenters. The molecule has 124 valence electrons. The van der Waals surface area contributed by atoms with Gasteiger partial charge in [0.2, 0.25) is 0 Å². The van der Waals surface area contributed by atoms with Crippen LogP contribution in [0, 0.1) is 26.1 Å². The van der Waals surface area contributed by atoms with Crippen molar-refractivity contribution < 1.29 is 19.4 Å². The number of nitrogens with one attached hydrogen (secondary N) is 1. The highest BCUT2D eigenvalue weighted by atomic mass is 16.6. The van der Waals surface area contributed by atoms with Crippen LogP contribution in [-0.2, 0) is 9.53 Å². The first-order chi connectivity index (χ1) is 10.8. The van der Waals surface area contributed by atoms with Crippen molar-refractivity contribution in [3.05, 3.63) is 38.4 Å². The van der Waals surface area contributed by atoms with Gasteiger partial charge in [-0.05, 0) is 26.8 Å². The molecule has 1 rings (SSSR count). The van der Waals surface area contributed by atoms with E-state index in [1.165, 1.54) is 6.07 Å². The first-order valence-electron chi connectivity index (χ1n) is 6.67. The van der Waals surface area contributed by atoms with Gasteiger partial charge in [0.1, 0.15) is 5.69 Å². The number of rotatable bonds is 7. The number of hydrogen-bond acceptors (Lipinski definition) is 8. The van der Waals surface area contributed by atoms with E-state index in [9.17, 15) is 25.0 Å². The number of nitrogens with zero attached hydrogens (tertiary/aromatic N) is 3. The van der Waals surface area contributed by atoms with Gasteiger partial charge in [-0.2, -0.15) is 5.10 Å². The third-order valence-electron chi connectivity index (χ3n) is 3.01. The smallest absolute Gasteiger partial charge is 0.314 e. The van der Waals surface area contributed by atoms with Crippen LogP contribution in [0.5, 0.6) is 0 Å². The Balaban J connectivity index is 3.00. The first-order valence-corrected chi connectivity index (χ1v) is 6.67. The number of carbonyl (C=O) groups is 1. The average Bonchev–Trinajstić information content (AvgIpc) is 2.51. The Kier molecular flexibility index (Phi) is 6.13. The Morgan fingerprint density at radius 2 is 2.00 bits per heavy atom. The minimum atomic E-state index is -0.755. The van der Waals surface area contributed by atoms with Crippen LogP contribution in [-0.4, -0.2) is 28.1 Å². The van der Waals surface area contributed by atoms with Crippen LogP contribution in [0.25, 0.3) is 0 Å². The van der Waals surface area contributed by atoms with E-state index in [0.717, 1.165) is 12.1 Å². The minimum absolute atomic E-state index is 0.0176. The molecule has 0 saturated carbocycles. The summed E-state index contributed by atoms with van der Waals surface area (Å²) in [7, 11) is 0. The lowest BCUT2D eigenvalue weighted by atomic mass is 10.1. The van der Waals surface area contributed by atoms with Crippen molar-refractivity contribution in [2.75, 3.05) is 12.0 Å². The fourth-order valence-electron chi connectivity index (χ4n) is 1.56. The lowest BCUT2D eigenvalue weighted by molar-refractivity contribution is -0.393. The van der Waals surface area contributed by atoms with Crippen LogP contribution in [0.4, 0.5) is 17.1 Å². The van der Waals surface area contributed by atoms with Crippen LogP contribution in [0.1, 0.15) is 20.8 Å². The van der Waals surface area contributed by atoms with Crippen molar-refractivity contribution in [1.82, 2.24) is 0 Å². The van der Waals surface area contributed by atoms with Gasteiger partial charge in [-0.3, -0.25) is 30.4 Å². The zero-order valence-electron chi connectivity index (χ0n) is 12.8. The summed E-state index contributed by atoms with van der Waals surface area (Å²) in [5.74, 6) is -1.09. The maximum atomic E-state index is 11.6. The average molecular weight is 324 g/mol. The Morgan fingerprint density at radius 3 is 2.52 bits per heavy atom. The second-order valence-electron chi connectivity index (χ2n) is 4.55. The third kappa shape index (κ3) is 4.73. The second kappa shape index (κ2) is 7.82. The molecule has 0 spiro atoms. The van der Waals surface area contributed by atoms with Crippen molar-refractivity contribution >= 4 is 28.7 Å². The number of hydrazone groups is 1. The van der Waals surface area contributed by atoms with Crippen molar-refractivity contribution in [3.63, 3.8) is 0 Å². The van der Waals surface area contributed by atoms with E-state index in [-0.39, 0.29) is 12.3 Å². The van der Waals surface area contributed by atoms with E-state index in [1.807, 2.05) is 0 Å². The second-order valence-corrected chi connectivity index (χ2v) is 4.55. The van der Waals surface area contributed by atoms with Crippen molar-refractivity contribution in [2.24, 2.45) is 11.0 Å². The number of carbonyl (C=O) groups excluding carboxylic acids is 1. The quantitative estimate of drug-likeness (QED) is 0.352. The zero-order chi connectivity index (χ0) is 17.6. The molecular weight excluding hydrogens is 308 g/mol. The summed E-state index contributed by atoms with van der Waals surface area (Å²) in [5.41, 5.74) is 1.91. The summed E-state index contributed by atoms with van der Waals surface area (Å²) in [6.07, 6.45) is 0. The predicted molar refractivity (Wildman–Crippen MR) is 82.3 cm³/mol. The van der Waals surface area contributed by atoms with Gasteiger partial charge < -0.3 is 4.74 Å². The fourth-order valence-corrected chi connectivity index (χ4v) is 1.56. The largest absolute Gasteiger partial charge is 0.465 e. The van der Waals surface area contributed by atoms with E-state index in [2.05, 4.69) is 10.5 Å². The molecule has 0 fully saturated rings. The van der Waals surface area contributed by atoms with Crippen LogP contribution >= 0.6 is 0 Å². The highest BCUT2D eigenvalue weighted by molar-refractivity contribution is 6.00. The maximum Gasteiger partial charge on any atom is 0.314 e. The van der Waals surface area contributed by atoms with E-state index in [1.54, 1.807) is 20.8 Å². The molecule has 0 aliphatic heterocycles. The molecule has 0 aliphatic rings. The Bertz CT molecular complexity index is 658. The number of esters is 1. The van der Waals surface area contributed by atoms with Crippen LogP contribution in [0.15, 0.2) is 23.3 Å². The van der Waals surface area contributed by atoms with Gasteiger partial charge in [-0.1, -0.05) is 0 Å². The Morgan fingerprint density at radius 1 is 1.35 bits per heavy atom. The number of benzene rings is 1. The number of nitro benzene ring substituents is 2. The monoisotopic (exact) mass is 324 g/mol. The summed E-state index contributed by atoms with van der Waals surface area (Å²) < 4.78 is 4.85. The number of ether oxygens (including phenoxy) is 1. The van der Waals surface area contributed by atoms with E-state index in [0.29, 0.717) is 5.71 Å². The van der Waals surface area contributed by atoms with Gasteiger partial charge in [0, 0.05) is 11.8 Å². The highest BCUT2D eigenvalue weighted by Crippen LogP contribution is 2.29. The predicted octanol–water partition coefficient (Wildman–Crippen LogP) is 2.49. The first kappa shape index (κ1) is 18.0. The van der Waals surface area contributed by atoms with Gasteiger partial charge in [0.15, 0.2) is 0 Å². The van der Waals surface area contributed by atoms with Crippen molar-refractivity contribution in [2.45, 2.75) is 20.8 Å². The van der Waals surface area contributed by atoms with Crippen LogP contribution in [0.2, 0.25) is 0 Å². The van der Waals surface area contributed by atoms with Crippen molar-refractivity contribution in [3.8, 4) is 0 Å². The number of anilines is 1. The maximum absolute atomic E-state index is 11.6.